The lowest BCUT2D eigenvalue weighted by atomic mass is 9.88. The fourth-order valence-electron chi connectivity index (χ4n) is 4.32. The van der Waals surface area contributed by atoms with Gasteiger partial charge < -0.3 is 27.8 Å². The predicted octanol–water partition coefficient (Wildman–Crippen LogP) is 4.31. The lowest BCUT2D eigenvalue weighted by Crippen LogP contribution is -2.49. The molecule has 1 aromatic heterocycles. The third-order valence-corrected chi connectivity index (χ3v) is 13.2. The molecule has 2 aromatic rings. The van der Waals surface area contributed by atoms with E-state index in [-0.39, 0.29) is 16.7 Å². The number of benzene rings is 1. The van der Waals surface area contributed by atoms with E-state index in [1.165, 1.54) is 25.5 Å². The van der Waals surface area contributed by atoms with Crippen LogP contribution in [-0.2, 0) is 42.5 Å². The van der Waals surface area contributed by atoms with E-state index in [9.17, 15) is 13.2 Å². The van der Waals surface area contributed by atoms with E-state index < -0.39 is 61.0 Å². The van der Waals surface area contributed by atoms with Gasteiger partial charge in [-0.25, -0.2) is 8.98 Å². The molecule has 0 unspecified atom stereocenters. The summed E-state index contributed by atoms with van der Waals surface area (Å²) in [6, 6.07) is 9.65. The lowest BCUT2D eigenvalue weighted by molar-refractivity contribution is -0.233. The van der Waals surface area contributed by atoms with Gasteiger partial charge in [0.05, 0.1) is 17.1 Å². The van der Waals surface area contributed by atoms with Crippen molar-refractivity contribution in [1.29, 1.82) is 0 Å². The zero-order chi connectivity index (χ0) is 27.9. The molecule has 0 saturated carbocycles. The molecular weight excluding hydrogens is 532 g/mol. The molecule has 4 rings (SSSR count). The Morgan fingerprint density at radius 2 is 1.79 bits per heavy atom. The lowest BCUT2D eigenvalue weighted by Gasteiger charge is -2.41. The highest BCUT2D eigenvalue weighted by Crippen LogP contribution is 2.49. The summed E-state index contributed by atoms with van der Waals surface area (Å²) in [7, 11) is -5.29. The maximum atomic E-state index is 13.2. The third-order valence-electron chi connectivity index (χ3n) is 7.40. The Bertz CT molecular complexity index is 1200. The second kappa shape index (κ2) is 10.8. The van der Waals surface area contributed by atoms with E-state index in [1.807, 2.05) is 6.92 Å². The van der Waals surface area contributed by atoms with Crippen LogP contribution in [0.1, 0.15) is 38.2 Å². The first-order chi connectivity index (χ1) is 17.7. The van der Waals surface area contributed by atoms with Crippen LogP contribution in [0.4, 0.5) is 0 Å². The molecule has 0 spiro atoms. The summed E-state index contributed by atoms with van der Waals surface area (Å²) in [6.07, 6.45) is -3.80. The maximum Gasteiger partial charge on any atom is 0.342 e. The van der Waals surface area contributed by atoms with Gasteiger partial charge in [0, 0.05) is 7.11 Å². The Hall–Kier alpha value is -2.06. The van der Waals surface area contributed by atoms with Crippen LogP contribution in [0.25, 0.3) is 0 Å². The quantitative estimate of drug-likeness (QED) is 0.177. The van der Waals surface area contributed by atoms with Crippen LogP contribution in [0.3, 0.4) is 0 Å². The summed E-state index contributed by atoms with van der Waals surface area (Å²) < 4.78 is 67.1. The molecule has 38 heavy (non-hydrogen) atoms. The molecule has 2 aliphatic heterocycles. The molecule has 1 aromatic carbocycles. The number of rotatable bonds is 10. The van der Waals surface area contributed by atoms with Crippen LogP contribution in [0.15, 0.2) is 52.0 Å². The van der Waals surface area contributed by atoms with Crippen LogP contribution in [0.2, 0.25) is 18.1 Å². The number of carbonyl (C=O) groups excluding carboxylic acids is 1. The minimum Gasteiger partial charge on any atom is -0.467 e. The Labute approximate surface area is 224 Å². The normalized spacial score (nSPS) is 26.8. The average Bonchev–Trinajstić information content (AvgIpc) is 3.46. The van der Waals surface area contributed by atoms with E-state index in [0.29, 0.717) is 5.76 Å². The van der Waals surface area contributed by atoms with Crippen LogP contribution in [0.5, 0.6) is 0 Å². The van der Waals surface area contributed by atoms with Crippen molar-refractivity contribution in [2.24, 2.45) is 5.92 Å². The topological polar surface area (TPSA) is 120 Å². The summed E-state index contributed by atoms with van der Waals surface area (Å²) in [5, 5.41) is -0.160. The Morgan fingerprint density at radius 1 is 1.11 bits per heavy atom. The molecular formula is C26H36O10SSi. The molecule has 12 heteroatoms. The number of hydrogen-bond donors (Lipinski definition) is 0. The van der Waals surface area contributed by atoms with Gasteiger partial charge >= 0.3 is 5.97 Å². The number of hydrogen-bond acceptors (Lipinski definition) is 10. The molecule has 0 N–H and O–H groups in total. The van der Waals surface area contributed by atoms with E-state index in [1.54, 1.807) is 24.3 Å². The van der Waals surface area contributed by atoms with Gasteiger partial charge in [-0.1, -0.05) is 38.5 Å². The predicted molar refractivity (Wildman–Crippen MR) is 138 cm³/mol. The van der Waals surface area contributed by atoms with Crippen molar-refractivity contribution in [3.05, 3.63) is 54.0 Å². The maximum absolute atomic E-state index is 13.2. The number of esters is 1. The van der Waals surface area contributed by atoms with Gasteiger partial charge in [-0.15, -0.1) is 0 Å². The number of fused-ring (bicyclic) bond motifs is 2. The van der Waals surface area contributed by atoms with Gasteiger partial charge in [-0.3, -0.25) is 0 Å². The Morgan fingerprint density at radius 3 is 2.37 bits per heavy atom. The van der Waals surface area contributed by atoms with Crippen molar-refractivity contribution in [2.75, 3.05) is 13.9 Å². The summed E-state index contributed by atoms with van der Waals surface area (Å²) in [6.45, 7) is 12.2. The molecule has 2 saturated heterocycles. The van der Waals surface area contributed by atoms with Crippen molar-refractivity contribution in [3.63, 3.8) is 0 Å². The van der Waals surface area contributed by atoms with Crippen molar-refractivity contribution in [2.45, 2.75) is 81.4 Å². The van der Waals surface area contributed by atoms with Gasteiger partial charge in [0.25, 0.3) is 10.1 Å². The fraction of sp³-hybridized carbons (Fsp3) is 0.577. The summed E-state index contributed by atoms with van der Waals surface area (Å²) >= 11 is 0. The van der Waals surface area contributed by atoms with E-state index in [0.717, 1.165) is 5.56 Å². The highest BCUT2D eigenvalue weighted by molar-refractivity contribution is 7.86. The minimum absolute atomic E-state index is 0.0835. The minimum atomic E-state index is -4.33. The first kappa shape index (κ1) is 28.9. The van der Waals surface area contributed by atoms with Crippen LogP contribution in [0, 0.1) is 12.8 Å². The van der Waals surface area contributed by atoms with Gasteiger partial charge in [-0.05, 0) is 49.3 Å². The van der Waals surface area contributed by atoms with Crippen molar-refractivity contribution < 1.29 is 45.2 Å². The molecule has 2 aliphatic rings. The van der Waals surface area contributed by atoms with Gasteiger partial charge in [0.2, 0.25) is 12.4 Å². The summed E-state index contributed by atoms with van der Waals surface area (Å²) in [4.78, 5) is 13.0. The Kier molecular flexibility index (Phi) is 8.25. The number of methoxy groups -OCH3 is 1. The van der Waals surface area contributed by atoms with Gasteiger partial charge in [-0.2, -0.15) is 8.42 Å². The molecule has 2 fully saturated rings. The highest BCUT2D eigenvalue weighted by Gasteiger charge is 2.62. The highest BCUT2D eigenvalue weighted by atomic mass is 32.2. The van der Waals surface area contributed by atoms with Crippen LogP contribution in [-0.4, -0.2) is 61.2 Å². The standard InChI is InChI=1S/C26H36O10SSi/c1-16-10-12-17(13-11-16)37(28,29)35-23-21-19(22(32-15-30-5)25(33-21)34-24(23)27)20(18-9-8-14-31-18)36-38(6,7)26(2,3)4/h8-14,19-23,25H,15H2,1-7H3/t19-,20+,21+,22+,23+,25+/m0/s1. The molecule has 2 bridgehead atoms. The van der Waals surface area contributed by atoms with Crippen molar-refractivity contribution in [1.82, 2.24) is 0 Å². The number of furan rings is 1. The molecule has 3 heterocycles. The largest absolute Gasteiger partial charge is 0.467 e. The molecule has 10 nitrogen and oxygen atoms in total. The molecule has 210 valence electrons. The van der Waals surface area contributed by atoms with Crippen molar-refractivity contribution >= 4 is 24.4 Å². The van der Waals surface area contributed by atoms with Crippen LogP contribution >= 0.6 is 0 Å². The molecule has 0 aliphatic carbocycles. The zero-order valence-electron chi connectivity index (χ0n) is 22.7. The number of carbonyl (C=O) groups is 1. The average molecular weight is 569 g/mol. The monoisotopic (exact) mass is 568 g/mol. The number of ether oxygens (including phenoxy) is 4. The SMILES string of the molecule is COCO[C@H]1[C@H]2OC(=O)[C@H](OS(=O)(=O)c3ccc(C)cc3)[C@H](O2)[C@@H]1[C@H](O[Si](C)(C)C(C)(C)C)c1ccco1. The molecule has 0 radical (unpaired) electrons. The third kappa shape index (κ3) is 5.76. The summed E-state index contributed by atoms with van der Waals surface area (Å²) in [5.74, 6) is -1.09. The van der Waals surface area contributed by atoms with E-state index >= 15 is 0 Å². The van der Waals surface area contributed by atoms with Crippen molar-refractivity contribution in [3.8, 4) is 0 Å². The summed E-state index contributed by atoms with van der Waals surface area (Å²) in [5.41, 5.74) is 0.880. The first-order valence-corrected chi connectivity index (χ1v) is 16.7. The Balaban J connectivity index is 1.74. The fourth-order valence-corrected chi connectivity index (χ4v) is 6.62. The van der Waals surface area contributed by atoms with E-state index in [2.05, 4.69) is 33.9 Å². The smallest absolute Gasteiger partial charge is 0.342 e. The zero-order valence-corrected chi connectivity index (χ0v) is 24.5. The van der Waals surface area contributed by atoms with Crippen LogP contribution < -0.4 is 0 Å². The second-order valence-corrected chi connectivity index (χ2v) is 17.4. The molecule has 6 atom stereocenters. The van der Waals surface area contributed by atoms with Gasteiger partial charge in [0.15, 0.2) is 8.32 Å². The number of aryl methyl sites for hydroxylation is 1. The van der Waals surface area contributed by atoms with E-state index in [4.69, 9.17) is 32.0 Å². The first-order valence-electron chi connectivity index (χ1n) is 12.4. The van der Waals surface area contributed by atoms with Gasteiger partial charge in [0.1, 0.15) is 30.9 Å². The molecule has 0 amide bonds. The second-order valence-electron chi connectivity index (χ2n) is 11.1.